The second kappa shape index (κ2) is 8.01. The largest absolute Gasteiger partial charge is 0.494 e. The van der Waals surface area contributed by atoms with Gasteiger partial charge in [0.05, 0.1) is 6.61 Å². The van der Waals surface area contributed by atoms with Gasteiger partial charge in [-0.1, -0.05) is 23.7 Å². The fourth-order valence-electron chi connectivity index (χ4n) is 2.15. The van der Waals surface area contributed by atoms with Crippen molar-refractivity contribution >= 4 is 34.2 Å². The Labute approximate surface area is 144 Å². The van der Waals surface area contributed by atoms with Crippen molar-refractivity contribution in [2.45, 2.75) is 20.0 Å². The molecule has 0 aliphatic rings. The molecule has 0 saturated heterocycles. The second-order valence-corrected chi connectivity index (χ2v) is 6.16. The molecule has 1 atom stereocenters. The van der Waals surface area contributed by atoms with Gasteiger partial charge in [-0.25, -0.2) is 0 Å². The first-order valence-corrected chi connectivity index (χ1v) is 8.40. The monoisotopic (exact) mass is 416 g/mol. The summed E-state index contributed by atoms with van der Waals surface area (Å²) in [5.41, 5.74) is 2.07. The van der Waals surface area contributed by atoms with Crippen LogP contribution in [-0.4, -0.2) is 13.2 Å². The lowest BCUT2D eigenvalue weighted by atomic mass is 10.0. The van der Waals surface area contributed by atoms with E-state index in [0.29, 0.717) is 13.2 Å². The molecule has 0 radical (unpaired) electrons. The highest BCUT2D eigenvalue weighted by atomic mass is 127. The van der Waals surface area contributed by atoms with Crippen LogP contribution in [0, 0.1) is 3.57 Å². The molecule has 4 heteroatoms. The van der Waals surface area contributed by atoms with E-state index < -0.39 is 0 Å². The van der Waals surface area contributed by atoms with Crippen molar-refractivity contribution < 1.29 is 9.47 Å². The normalized spacial score (nSPS) is 12.2. The van der Waals surface area contributed by atoms with E-state index >= 15 is 0 Å². The van der Waals surface area contributed by atoms with Gasteiger partial charge in [-0.3, -0.25) is 0 Å². The molecule has 2 aromatic rings. The van der Waals surface area contributed by atoms with E-state index in [1.807, 2.05) is 50.2 Å². The highest BCUT2D eigenvalue weighted by Crippen LogP contribution is 2.33. The van der Waals surface area contributed by atoms with Gasteiger partial charge < -0.3 is 9.47 Å². The fraction of sp³-hybridized carbons (Fsp3) is 0.294. The van der Waals surface area contributed by atoms with Crippen LogP contribution < -0.4 is 4.74 Å². The van der Waals surface area contributed by atoms with Gasteiger partial charge in [-0.15, -0.1) is 0 Å². The molecular weight excluding hydrogens is 399 g/mol. The average molecular weight is 417 g/mol. The van der Waals surface area contributed by atoms with Crippen molar-refractivity contribution in [1.29, 1.82) is 0 Å². The second-order valence-electron chi connectivity index (χ2n) is 4.50. The number of benzene rings is 2. The number of hydrogen-bond donors (Lipinski definition) is 0. The third-order valence-corrected chi connectivity index (χ3v) is 4.08. The zero-order valence-corrected chi connectivity index (χ0v) is 15.0. The van der Waals surface area contributed by atoms with Crippen LogP contribution in [0.2, 0.25) is 5.02 Å². The van der Waals surface area contributed by atoms with E-state index in [0.717, 1.165) is 25.5 Å². The minimum absolute atomic E-state index is 0.159. The third kappa shape index (κ3) is 4.34. The average Bonchev–Trinajstić information content (AvgIpc) is 2.49. The first kappa shape index (κ1) is 16.6. The van der Waals surface area contributed by atoms with Gasteiger partial charge in [0.2, 0.25) is 0 Å². The maximum Gasteiger partial charge on any atom is 0.119 e. The van der Waals surface area contributed by atoms with Crippen molar-refractivity contribution in [1.82, 2.24) is 0 Å². The van der Waals surface area contributed by atoms with Crippen LogP contribution in [0.1, 0.15) is 31.1 Å². The molecule has 0 heterocycles. The van der Waals surface area contributed by atoms with Gasteiger partial charge in [0.1, 0.15) is 11.9 Å². The predicted octanol–water partition coefficient (Wildman–Crippen LogP) is 5.47. The van der Waals surface area contributed by atoms with Crippen LogP contribution in [0.3, 0.4) is 0 Å². The van der Waals surface area contributed by atoms with Crippen LogP contribution in [0.25, 0.3) is 0 Å². The number of ether oxygens (including phenoxy) is 2. The molecule has 112 valence electrons. The zero-order chi connectivity index (χ0) is 15.2. The molecule has 0 bridgehead atoms. The Kier molecular flexibility index (Phi) is 6.33. The molecule has 2 aromatic carbocycles. The molecule has 0 saturated carbocycles. The Morgan fingerprint density at radius 3 is 2.38 bits per heavy atom. The number of halogens is 2. The van der Waals surface area contributed by atoms with E-state index in [9.17, 15) is 0 Å². The summed E-state index contributed by atoms with van der Waals surface area (Å²) < 4.78 is 12.5. The summed E-state index contributed by atoms with van der Waals surface area (Å²) in [6.07, 6.45) is -0.159. The topological polar surface area (TPSA) is 18.5 Å². The molecule has 0 aromatic heterocycles. The number of rotatable bonds is 6. The molecule has 0 N–H and O–H groups in total. The predicted molar refractivity (Wildman–Crippen MR) is 95.2 cm³/mol. The van der Waals surface area contributed by atoms with Crippen molar-refractivity contribution in [3.63, 3.8) is 0 Å². The number of hydrogen-bond acceptors (Lipinski definition) is 2. The highest BCUT2D eigenvalue weighted by Gasteiger charge is 2.18. The SMILES string of the molecule is CCOc1ccc(C(OCC)c2cc(I)ccc2Cl)cc1. The summed E-state index contributed by atoms with van der Waals surface area (Å²) in [5, 5.41) is 0.725. The van der Waals surface area contributed by atoms with Gasteiger partial charge in [0, 0.05) is 20.8 Å². The van der Waals surface area contributed by atoms with E-state index in [2.05, 4.69) is 28.7 Å². The van der Waals surface area contributed by atoms with Crippen molar-refractivity contribution in [3.05, 3.63) is 62.2 Å². The van der Waals surface area contributed by atoms with E-state index in [1.165, 1.54) is 0 Å². The summed E-state index contributed by atoms with van der Waals surface area (Å²) in [7, 11) is 0. The quantitative estimate of drug-likeness (QED) is 0.581. The molecule has 2 rings (SSSR count). The minimum atomic E-state index is -0.159. The van der Waals surface area contributed by atoms with Crippen LogP contribution >= 0.6 is 34.2 Å². The maximum atomic E-state index is 6.35. The summed E-state index contributed by atoms with van der Waals surface area (Å²) in [6, 6.07) is 14.0. The Morgan fingerprint density at radius 2 is 1.76 bits per heavy atom. The van der Waals surface area contributed by atoms with Gasteiger partial charge in [0.25, 0.3) is 0 Å². The standard InChI is InChI=1S/C17H18ClIO2/c1-3-20-14-8-5-12(6-9-14)17(21-4-2)15-11-13(19)7-10-16(15)18/h5-11,17H,3-4H2,1-2H3. The Morgan fingerprint density at radius 1 is 1.05 bits per heavy atom. The first-order chi connectivity index (χ1) is 10.2. The zero-order valence-electron chi connectivity index (χ0n) is 12.1. The van der Waals surface area contributed by atoms with Crippen molar-refractivity contribution in [2.24, 2.45) is 0 Å². The first-order valence-electron chi connectivity index (χ1n) is 6.95. The van der Waals surface area contributed by atoms with Crippen LogP contribution in [0.5, 0.6) is 5.75 Å². The van der Waals surface area contributed by atoms with Crippen LogP contribution in [0.4, 0.5) is 0 Å². The smallest absolute Gasteiger partial charge is 0.119 e. The third-order valence-electron chi connectivity index (χ3n) is 3.07. The summed E-state index contributed by atoms with van der Waals surface area (Å²) in [6.45, 7) is 5.25. The van der Waals surface area contributed by atoms with Crippen LogP contribution in [0.15, 0.2) is 42.5 Å². The molecule has 0 aliphatic carbocycles. The maximum absolute atomic E-state index is 6.35. The van der Waals surface area contributed by atoms with E-state index in [-0.39, 0.29) is 6.10 Å². The molecule has 0 fully saturated rings. The van der Waals surface area contributed by atoms with Gasteiger partial charge in [0.15, 0.2) is 0 Å². The molecular formula is C17H18ClIO2. The fourth-order valence-corrected chi connectivity index (χ4v) is 2.89. The molecule has 0 amide bonds. The molecule has 1 unspecified atom stereocenters. The lowest BCUT2D eigenvalue weighted by Crippen LogP contribution is -2.07. The minimum Gasteiger partial charge on any atom is -0.494 e. The molecule has 0 spiro atoms. The van der Waals surface area contributed by atoms with Gasteiger partial charge in [-0.05, 0) is 72.3 Å². The lowest BCUT2D eigenvalue weighted by molar-refractivity contribution is 0.0913. The molecule has 2 nitrogen and oxygen atoms in total. The van der Waals surface area contributed by atoms with E-state index in [4.69, 9.17) is 21.1 Å². The van der Waals surface area contributed by atoms with Crippen molar-refractivity contribution in [3.8, 4) is 5.75 Å². The molecule has 0 aliphatic heterocycles. The van der Waals surface area contributed by atoms with E-state index in [1.54, 1.807) is 0 Å². The Balaban J connectivity index is 2.35. The Bertz CT molecular complexity index is 584. The Hall–Kier alpha value is -0.780. The molecule has 21 heavy (non-hydrogen) atoms. The highest BCUT2D eigenvalue weighted by molar-refractivity contribution is 14.1. The van der Waals surface area contributed by atoms with Gasteiger partial charge in [-0.2, -0.15) is 0 Å². The lowest BCUT2D eigenvalue weighted by Gasteiger charge is -2.20. The summed E-state index contributed by atoms with van der Waals surface area (Å²) >= 11 is 8.63. The summed E-state index contributed by atoms with van der Waals surface area (Å²) in [4.78, 5) is 0. The van der Waals surface area contributed by atoms with Crippen LogP contribution in [-0.2, 0) is 4.74 Å². The summed E-state index contributed by atoms with van der Waals surface area (Å²) in [5.74, 6) is 0.866. The van der Waals surface area contributed by atoms with Gasteiger partial charge >= 0.3 is 0 Å². The van der Waals surface area contributed by atoms with Crippen molar-refractivity contribution in [2.75, 3.05) is 13.2 Å².